The summed E-state index contributed by atoms with van der Waals surface area (Å²) in [6, 6.07) is 14.3. The van der Waals surface area contributed by atoms with Crippen LogP contribution in [-0.2, 0) is 19.8 Å². The summed E-state index contributed by atoms with van der Waals surface area (Å²) in [7, 11) is 0. The number of carbonyl (C=O) groups is 4. The van der Waals surface area contributed by atoms with Gasteiger partial charge in [-0.15, -0.1) is 0 Å². The predicted octanol–water partition coefficient (Wildman–Crippen LogP) is 4.23. The molecule has 0 spiro atoms. The Morgan fingerprint density at radius 2 is 1.24 bits per heavy atom. The molecule has 194 valence electrons. The Morgan fingerprint density at radius 1 is 0.730 bits per heavy atom. The maximum Gasteiger partial charge on any atom is 0.265 e. The largest absolute Gasteiger partial charge is 0.343 e. The summed E-state index contributed by atoms with van der Waals surface area (Å²) in [5.41, 5.74) is 0.693. The number of benzene rings is 2. The molecule has 0 unspecified atom stereocenters. The molecular weight excluding hydrogens is 466 g/mol. The van der Waals surface area contributed by atoms with Gasteiger partial charge in [-0.3, -0.25) is 19.2 Å². The molecule has 3 aliphatic heterocycles. The van der Waals surface area contributed by atoms with Crippen LogP contribution >= 0.6 is 0 Å². The van der Waals surface area contributed by atoms with Crippen LogP contribution in [0.4, 0.5) is 5.69 Å². The lowest BCUT2D eigenvalue weighted by Gasteiger charge is -2.43. The van der Waals surface area contributed by atoms with Crippen LogP contribution in [0.2, 0.25) is 0 Å². The molecule has 0 aromatic heterocycles. The van der Waals surface area contributed by atoms with Crippen molar-refractivity contribution in [2.24, 2.45) is 0 Å². The maximum atomic E-state index is 14.6. The highest BCUT2D eigenvalue weighted by Crippen LogP contribution is 2.43. The van der Waals surface area contributed by atoms with Gasteiger partial charge in [-0.25, -0.2) is 4.90 Å². The highest BCUT2D eigenvalue weighted by molar-refractivity contribution is 6.28. The Morgan fingerprint density at radius 3 is 1.81 bits per heavy atom. The minimum absolute atomic E-state index is 0.127. The second kappa shape index (κ2) is 10.5. The number of imide groups is 1. The molecule has 2 aromatic rings. The summed E-state index contributed by atoms with van der Waals surface area (Å²) in [4.78, 5) is 60.6. The van der Waals surface area contributed by atoms with Gasteiger partial charge in [-0.2, -0.15) is 0 Å². The maximum absolute atomic E-state index is 14.6. The summed E-state index contributed by atoms with van der Waals surface area (Å²) in [5.74, 6) is -1.16. The van der Waals surface area contributed by atoms with Crippen LogP contribution in [-0.4, -0.2) is 59.6 Å². The Hall–Kier alpha value is -3.48. The van der Waals surface area contributed by atoms with Gasteiger partial charge >= 0.3 is 0 Å². The second-order valence-electron chi connectivity index (χ2n) is 10.6. The zero-order chi connectivity index (χ0) is 26.0. The number of piperidine rings is 2. The first-order chi connectivity index (χ1) is 17.9. The minimum atomic E-state index is -1.45. The normalized spacial score (nSPS) is 19.5. The smallest absolute Gasteiger partial charge is 0.265 e. The van der Waals surface area contributed by atoms with Crippen LogP contribution < -0.4 is 4.90 Å². The zero-order valence-electron chi connectivity index (χ0n) is 21.6. The molecule has 0 saturated carbocycles. The number of likely N-dealkylation sites (tertiary alicyclic amines) is 2. The third-order valence-corrected chi connectivity index (χ3v) is 8.17. The van der Waals surface area contributed by atoms with E-state index in [1.54, 1.807) is 36.4 Å². The third-order valence-electron chi connectivity index (χ3n) is 8.17. The Kier molecular flexibility index (Phi) is 7.13. The summed E-state index contributed by atoms with van der Waals surface area (Å²) in [6.45, 7) is 4.49. The number of anilines is 1. The first-order valence-corrected chi connectivity index (χ1v) is 13.5. The van der Waals surface area contributed by atoms with Gasteiger partial charge in [0.2, 0.25) is 17.7 Å². The average Bonchev–Trinajstić information content (AvgIpc) is 2.94. The number of aryl methyl sites for hydroxylation is 1. The van der Waals surface area contributed by atoms with E-state index in [-0.39, 0.29) is 24.7 Å². The fourth-order valence-corrected chi connectivity index (χ4v) is 6.09. The van der Waals surface area contributed by atoms with Crippen molar-refractivity contribution in [2.75, 3.05) is 31.1 Å². The standard InChI is InChI=1S/C30H35N3O4/c1-22-12-4-7-15-25(22)33-28(36)23-13-5-6-14-24(23)30(29(33)37,20-26(34)31-16-8-2-9-17-31)21-27(35)32-18-10-3-11-19-32/h4-7,12-15H,2-3,8-11,16-21H2,1H3. The Labute approximate surface area is 218 Å². The minimum Gasteiger partial charge on any atom is -0.343 e. The average molecular weight is 502 g/mol. The van der Waals surface area contributed by atoms with Gasteiger partial charge < -0.3 is 9.80 Å². The van der Waals surface area contributed by atoms with E-state index in [0.29, 0.717) is 43.0 Å². The van der Waals surface area contributed by atoms with Crippen molar-refractivity contribution in [2.45, 2.75) is 63.7 Å². The van der Waals surface area contributed by atoms with E-state index in [1.807, 2.05) is 28.9 Å². The number of nitrogens with zero attached hydrogens (tertiary/aromatic N) is 3. The van der Waals surface area contributed by atoms with Gasteiger partial charge in [0.05, 0.1) is 11.1 Å². The molecule has 0 N–H and O–H groups in total. The number of hydrogen-bond donors (Lipinski definition) is 0. The van der Waals surface area contributed by atoms with E-state index in [0.717, 1.165) is 44.1 Å². The van der Waals surface area contributed by atoms with E-state index < -0.39 is 17.2 Å². The van der Waals surface area contributed by atoms with Crippen LogP contribution in [0.5, 0.6) is 0 Å². The third kappa shape index (κ3) is 4.67. The van der Waals surface area contributed by atoms with Crippen LogP contribution in [0.25, 0.3) is 0 Å². The predicted molar refractivity (Wildman–Crippen MR) is 141 cm³/mol. The van der Waals surface area contributed by atoms with E-state index >= 15 is 0 Å². The molecule has 0 radical (unpaired) electrons. The Bertz CT molecular complexity index is 1180. The second-order valence-corrected chi connectivity index (χ2v) is 10.6. The lowest BCUT2D eigenvalue weighted by atomic mass is 9.68. The molecule has 0 bridgehead atoms. The van der Waals surface area contributed by atoms with Gasteiger partial charge in [0.1, 0.15) is 0 Å². The highest BCUT2D eigenvalue weighted by Gasteiger charge is 2.54. The van der Waals surface area contributed by atoms with Crippen LogP contribution in [0.15, 0.2) is 48.5 Å². The van der Waals surface area contributed by atoms with Crippen molar-refractivity contribution >= 4 is 29.3 Å². The summed E-state index contributed by atoms with van der Waals surface area (Å²) < 4.78 is 0. The van der Waals surface area contributed by atoms with Crippen molar-refractivity contribution in [3.63, 3.8) is 0 Å². The molecule has 2 fully saturated rings. The lowest BCUT2D eigenvalue weighted by molar-refractivity contribution is -0.141. The SMILES string of the molecule is Cc1ccccc1N1C(=O)c2ccccc2C(CC(=O)N2CCCCC2)(CC(=O)N2CCCCC2)C1=O. The molecular formula is C30H35N3O4. The van der Waals surface area contributed by atoms with Gasteiger partial charge in [-0.1, -0.05) is 36.4 Å². The molecule has 0 aliphatic carbocycles. The molecule has 3 aliphatic rings. The van der Waals surface area contributed by atoms with Crippen LogP contribution in [0.3, 0.4) is 0 Å². The number of carbonyl (C=O) groups excluding carboxylic acids is 4. The van der Waals surface area contributed by atoms with Gasteiger partial charge in [0.15, 0.2) is 0 Å². The topological polar surface area (TPSA) is 78.0 Å². The number of para-hydroxylation sites is 1. The zero-order valence-corrected chi connectivity index (χ0v) is 21.6. The summed E-state index contributed by atoms with van der Waals surface area (Å²) in [5, 5.41) is 0. The lowest BCUT2D eigenvalue weighted by Crippen LogP contribution is -2.58. The summed E-state index contributed by atoms with van der Waals surface area (Å²) >= 11 is 0. The van der Waals surface area contributed by atoms with E-state index in [9.17, 15) is 19.2 Å². The van der Waals surface area contributed by atoms with Crippen LogP contribution in [0.1, 0.15) is 72.9 Å². The van der Waals surface area contributed by atoms with E-state index in [2.05, 4.69) is 0 Å². The molecule has 7 nitrogen and oxygen atoms in total. The molecule has 2 saturated heterocycles. The van der Waals surface area contributed by atoms with Crippen molar-refractivity contribution in [3.05, 3.63) is 65.2 Å². The Balaban J connectivity index is 1.63. The van der Waals surface area contributed by atoms with Gasteiger partial charge in [0, 0.05) is 44.6 Å². The fourth-order valence-electron chi connectivity index (χ4n) is 6.09. The van der Waals surface area contributed by atoms with E-state index in [4.69, 9.17) is 0 Å². The fraction of sp³-hybridized carbons (Fsp3) is 0.467. The molecule has 3 heterocycles. The van der Waals surface area contributed by atoms with Gasteiger partial charge in [0.25, 0.3) is 5.91 Å². The monoisotopic (exact) mass is 501 g/mol. The van der Waals surface area contributed by atoms with E-state index in [1.165, 1.54) is 4.90 Å². The quantitative estimate of drug-likeness (QED) is 0.575. The first kappa shape index (κ1) is 25.2. The molecule has 37 heavy (non-hydrogen) atoms. The van der Waals surface area contributed by atoms with Crippen LogP contribution in [0, 0.1) is 6.92 Å². The molecule has 0 atom stereocenters. The first-order valence-electron chi connectivity index (χ1n) is 13.5. The van der Waals surface area contributed by atoms with Crippen molar-refractivity contribution in [3.8, 4) is 0 Å². The molecule has 4 amide bonds. The molecule has 2 aromatic carbocycles. The number of rotatable bonds is 5. The number of fused-ring (bicyclic) bond motifs is 1. The van der Waals surface area contributed by atoms with Crippen molar-refractivity contribution in [1.82, 2.24) is 9.80 Å². The number of hydrogen-bond acceptors (Lipinski definition) is 4. The van der Waals surface area contributed by atoms with Gasteiger partial charge in [-0.05, 0) is 68.7 Å². The molecule has 5 rings (SSSR count). The summed E-state index contributed by atoms with van der Waals surface area (Å²) in [6.07, 6.45) is 5.65. The molecule has 7 heteroatoms. The van der Waals surface area contributed by atoms with Crippen molar-refractivity contribution in [1.29, 1.82) is 0 Å². The highest BCUT2D eigenvalue weighted by atomic mass is 16.2. The van der Waals surface area contributed by atoms with Crippen molar-refractivity contribution < 1.29 is 19.2 Å². The number of amides is 4.